The van der Waals surface area contributed by atoms with Gasteiger partial charge in [-0.1, -0.05) is 42.5 Å². The lowest BCUT2D eigenvalue weighted by molar-refractivity contribution is 0.469. The Bertz CT molecular complexity index is 916. The average molecular weight is 271 g/mol. The van der Waals surface area contributed by atoms with Gasteiger partial charge in [-0.3, -0.25) is 0 Å². The Morgan fingerprint density at radius 2 is 1.38 bits per heavy atom. The van der Waals surface area contributed by atoms with Crippen LogP contribution in [0.3, 0.4) is 0 Å². The summed E-state index contributed by atoms with van der Waals surface area (Å²) in [5.74, 6) is 1.44. The van der Waals surface area contributed by atoms with E-state index in [-0.39, 0.29) is 0 Å². The maximum atomic E-state index is 5.93. The van der Waals surface area contributed by atoms with Crippen LogP contribution in [0, 0.1) is 0 Å². The Hall–Kier alpha value is -2.87. The van der Waals surface area contributed by atoms with Crippen molar-refractivity contribution in [1.29, 1.82) is 0 Å². The number of hydrogen-bond acceptors (Lipinski definition) is 2. The fraction of sp³-hybridized carbons (Fsp3) is 0. The van der Waals surface area contributed by atoms with Crippen LogP contribution >= 0.6 is 0 Å². The number of pyridine rings is 1. The van der Waals surface area contributed by atoms with Crippen LogP contribution in [0.5, 0.6) is 11.6 Å². The zero-order valence-electron chi connectivity index (χ0n) is 11.4. The van der Waals surface area contributed by atoms with Gasteiger partial charge >= 0.3 is 0 Å². The number of fused-ring (bicyclic) bond motifs is 2. The van der Waals surface area contributed by atoms with Gasteiger partial charge in [0.1, 0.15) is 5.75 Å². The average Bonchev–Trinajstić information content (AvgIpc) is 2.54. The maximum Gasteiger partial charge on any atom is 0.227 e. The van der Waals surface area contributed by atoms with Gasteiger partial charge in [-0.15, -0.1) is 0 Å². The van der Waals surface area contributed by atoms with E-state index in [2.05, 4.69) is 35.3 Å². The summed E-state index contributed by atoms with van der Waals surface area (Å²) < 4.78 is 5.93. The second-order valence-corrected chi connectivity index (χ2v) is 4.95. The van der Waals surface area contributed by atoms with Crippen LogP contribution in [0.25, 0.3) is 21.5 Å². The van der Waals surface area contributed by atoms with Crippen molar-refractivity contribution in [3.8, 4) is 11.6 Å². The molecule has 0 unspecified atom stereocenters. The molecule has 0 amide bonds. The van der Waals surface area contributed by atoms with Crippen molar-refractivity contribution in [3.05, 3.63) is 79.0 Å². The summed E-state index contributed by atoms with van der Waals surface area (Å²) in [7, 11) is 0. The zero-order chi connectivity index (χ0) is 14.1. The van der Waals surface area contributed by atoms with Gasteiger partial charge in [-0.2, -0.15) is 0 Å². The van der Waals surface area contributed by atoms with Crippen molar-refractivity contribution in [2.45, 2.75) is 0 Å². The van der Waals surface area contributed by atoms with Crippen molar-refractivity contribution in [2.75, 3.05) is 0 Å². The van der Waals surface area contributed by atoms with E-state index in [0.717, 1.165) is 16.5 Å². The van der Waals surface area contributed by atoms with Crippen LogP contribution in [0.2, 0.25) is 0 Å². The Kier molecular flexibility index (Phi) is 2.79. The van der Waals surface area contributed by atoms with Crippen LogP contribution in [-0.2, 0) is 0 Å². The van der Waals surface area contributed by atoms with Crippen molar-refractivity contribution in [1.82, 2.24) is 4.98 Å². The lowest BCUT2D eigenvalue weighted by Crippen LogP contribution is -1.89. The van der Waals surface area contributed by atoms with Crippen LogP contribution in [0.1, 0.15) is 0 Å². The topological polar surface area (TPSA) is 22.1 Å². The van der Waals surface area contributed by atoms with Crippen LogP contribution in [0.4, 0.5) is 0 Å². The van der Waals surface area contributed by atoms with Gasteiger partial charge in [0.05, 0.1) is 0 Å². The SMILES string of the molecule is c1ccc(Oc2nccc3cc4ccccc4cc23)cc1. The Morgan fingerprint density at radius 3 is 2.19 bits per heavy atom. The normalized spacial score (nSPS) is 10.9. The number of ether oxygens (including phenoxy) is 1. The highest BCUT2D eigenvalue weighted by Crippen LogP contribution is 2.30. The maximum absolute atomic E-state index is 5.93. The van der Waals surface area contributed by atoms with Gasteiger partial charge < -0.3 is 4.74 Å². The summed E-state index contributed by atoms with van der Waals surface area (Å²) in [6.07, 6.45) is 1.79. The third-order valence-corrected chi connectivity index (χ3v) is 3.55. The summed E-state index contributed by atoms with van der Waals surface area (Å²) in [5, 5.41) is 4.58. The standard InChI is InChI=1S/C19H13NO/c1-2-8-17(9-3-1)21-19-18-13-15-7-5-4-6-14(15)12-16(18)10-11-20-19/h1-13H. The zero-order valence-corrected chi connectivity index (χ0v) is 11.4. The molecule has 1 heterocycles. The molecule has 0 aliphatic carbocycles. The molecule has 0 saturated heterocycles. The Balaban J connectivity index is 1.90. The molecule has 4 aromatic rings. The molecule has 0 bridgehead atoms. The van der Waals surface area contributed by atoms with E-state index >= 15 is 0 Å². The molecule has 0 aliphatic heterocycles. The van der Waals surface area contributed by atoms with E-state index in [0.29, 0.717) is 5.88 Å². The molecule has 0 spiro atoms. The predicted molar refractivity (Wildman–Crippen MR) is 85.8 cm³/mol. The third-order valence-electron chi connectivity index (χ3n) is 3.55. The minimum atomic E-state index is 0.643. The fourth-order valence-electron chi connectivity index (χ4n) is 2.52. The van der Waals surface area contributed by atoms with Crippen molar-refractivity contribution < 1.29 is 4.74 Å². The molecular formula is C19H13NO. The van der Waals surface area contributed by atoms with Crippen LogP contribution < -0.4 is 4.74 Å². The van der Waals surface area contributed by atoms with Crippen molar-refractivity contribution >= 4 is 21.5 Å². The Morgan fingerprint density at radius 1 is 0.667 bits per heavy atom. The van der Waals surface area contributed by atoms with Crippen LogP contribution in [-0.4, -0.2) is 4.98 Å². The first-order chi connectivity index (χ1) is 10.4. The highest BCUT2D eigenvalue weighted by atomic mass is 16.5. The monoisotopic (exact) mass is 271 g/mol. The molecule has 0 aliphatic rings. The van der Waals surface area contributed by atoms with Gasteiger partial charge in [-0.05, 0) is 46.5 Å². The minimum absolute atomic E-state index is 0.643. The second kappa shape index (κ2) is 4.91. The molecule has 100 valence electrons. The highest BCUT2D eigenvalue weighted by Gasteiger charge is 2.06. The first-order valence-corrected chi connectivity index (χ1v) is 6.90. The molecule has 2 heteroatoms. The minimum Gasteiger partial charge on any atom is -0.438 e. The van der Waals surface area contributed by atoms with E-state index in [1.807, 2.05) is 42.5 Å². The van der Waals surface area contributed by atoms with E-state index in [4.69, 9.17) is 4.74 Å². The number of benzene rings is 3. The Labute approximate surface area is 122 Å². The number of rotatable bonds is 2. The molecule has 21 heavy (non-hydrogen) atoms. The molecule has 0 radical (unpaired) electrons. The second-order valence-electron chi connectivity index (χ2n) is 4.95. The molecule has 0 N–H and O–H groups in total. The summed E-state index contributed by atoms with van der Waals surface area (Å²) in [4.78, 5) is 4.39. The third kappa shape index (κ3) is 2.21. The fourth-order valence-corrected chi connectivity index (χ4v) is 2.52. The van der Waals surface area contributed by atoms with Crippen LogP contribution in [0.15, 0.2) is 79.0 Å². The number of hydrogen-bond donors (Lipinski definition) is 0. The molecule has 0 atom stereocenters. The van der Waals surface area contributed by atoms with E-state index in [1.165, 1.54) is 10.8 Å². The first kappa shape index (κ1) is 11.9. The molecule has 2 nitrogen and oxygen atoms in total. The molecule has 1 aromatic heterocycles. The van der Waals surface area contributed by atoms with E-state index < -0.39 is 0 Å². The summed E-state index contributed by atoms with van der Waals surface area (Å²) in [6, 6.07) is 24.4. The van der Waals surface area contributed by atoms with Gasteiger partial charge in [0.15, 0.2) is 0 Å². The highest BCUT2D eigenvalue weighted by molar-refractivity contribution is 6.00. The smallest absolute Gasteiger partial charge is 0.227 e. The van der Waals surface area contributed by atoms with Gasteiger partial charge in [0.25, 0.3) is 0 Å². The lowest BCUT2D eigenvalue weighted by atomic mass is 10.1. The van der Waals surface area contributed by atoms with Gasteiger partial charge in [0.2, 0.25) is 5.88 Å². The van der Waals surface area contributed by atoms with Crippen molar-refractivity contribution in [2.24, 2.45) is 0 Å². The molecular weight excluding hydrogens is 258 g/mol. The number of nitrogens with zero attached hydrogens (tertiary/aromatic N) is 1. The summed E-state index contributed by atoms with van der Waals surface area (Å²) >= 11 is 0. The molecule has 0 fully saturated rings. The molecule has 0 saturated carbocycles. The molecule has 3 aromatic carbocycles. The first-order valence-electron chi connectivity index (χ1n) is 6.90. The number of aromatic nitrogens is 1. The van der Waals surface area contributed by atoms with E-state index in [1.54, 1.807) is 6.20 Å². The van der Waals surface area contributed by atoms with Gasteiger partial charge in [-0.25, -0.2) is 4.98 Å². The quantitative estimate of drug-likeness (QED) is 0.469. The predicted octanol–water partition coefficient (Wildman–Crippen LogP) is 5.18. The van der Waals surface area contributed by atoms with Gasteiger partial charge in [0, 0.05) is 11.6 Å². The number of para-hydroxylation sites is 1. The summed E-state index contributed by atoms with van der Waals surface area (Å²) in [6.45, 7) is 0. The van der Waals surface area contributed by atoms with E-state index in [9.17, 15) is 0 Å². The summed E-state index contributed by atoms with van der Waals surface area (Å²) in [5.41, 5.74) is 0. The molecule has 4 rings (SSSR count). The van der Waals surface area contributed by atoms with Crippen molar-refractivity contribution in [3.63, 3.8) is 0 Å². The largest absolute Gasteiger partial charge is 0.438 e. The lowest BCUT2D eigenvalue weighted by Gasteiger charge is -2.08.